The van der Waals surface area contributed by atoms with Crippen LogP contribution in [0.2, 0.25) is 10.0 Å². The topological polar surface area (TPSA) is 55.2 Å². The van der Waals surface area contributed by atoms with Crippen LogP contribution in [0.5, 0.6) is 0 Å². The number of nitrogens with one attached hydrogen (secondary N) is 1. The fourth-order valence-electron chi connectivity index (χ4n) is 1.67. The van der Waals surface area contributed by atoms with Crippen LogP contribution in [0.3, 0.4) is 0 Å². The molecule has 2 aromatic carbocycles. The van der Waals surface area contributed by atoms with Crippen molar-refractivity contribution < 1.29 is 9.31 Å². The van der Waals surface area contributed by atoms with Crippen LogP contribution in [0.15, 0.2) is 36.4 Å². The molecule has 0 heterocycles. The summed E-state index contributed by atoms with van der Waals surface area (Å²) in [6.45, 7) is 0.0631. The molecule has 0 saturated heterocycles. The van der Waals surface area contributed by atoms with E-state index in [-0.39, 0.29) is 12.1 Å². The van der Waals surface area contributed by atoms with E-state index in [9.17, 15) is 14.5 Å². The van der Waals surface area contributed by atoms with Gasteiger partial charge in [0.05, 0.1) is 15.6 Å². The van der Waals surface area contributed by atoms with Crippen molar-refractivity contribution in [3.05, 3.63) is 67.9 Å². The number of rotatable bonds is 4. The molecule has 1 N–H and O–H groups in total. The number of nitro groups is 1. The molecular weight excluding hydrogens is 306 g/mol. The molecule has 2 aromatic rings. The highest BCUT2D eigenvalue weighted by Gasteiger charge is 2.17. The van der Waals surface area contributed by atoms with Crippen LogP contribution in [0.25, 0.3) is 0 Å². The lowest BCUT2D eigenvalue weighted by Crippen LogP contribution is -2.04. The number of benzene rings is 2. The Bertz CT molecular complexity index is 665. The van der Waals surface area contributed by atoms with E-state index in [1.807, 2.05) is 0 Å². The SMILES string of the molecule is O=[N+]([O-])c1cccc(CNc2cc(Cl)ccc2Cl)c1F. The smallest absolute Gasteiger partial charge is 0.305 e. The lowest BCUT2D eigenvalue weighted by molar-refractivity contribution is -0.387. The summed E-state index contributed by atoms with van der Waals surface area (Å²) in [5.74, 6) is -0.858. The summed E-state index contributed by atoms with van der Waals surface area (Å²) in [5.41, 5.74) is 0.154. The summed E-state index contributed by atoms with van der Waals surface area (Å²) in [5, 5.41) is 14.5. The molecule has 0 saturated carbocycles. The van der Waals surface area contributed by atoms with Gasteiger partial charge in [-0.1, -0.05) is 35.3 Å². The molecule has 0 amide bonds. The van der Waals surface area contributed by atoms with Crippen LogP contribution in [0, 0.1) is 15.9 Å². The van der Waals surface area contributed by atoms with Gasteiger partial charge in [-0.15, -0.1) is 0 Å². The monoisotopic (exact) mass is 314 g/mol. The number of hydrogen-bond acceptors (Lipinski definition) is 3. The molecule has 7 heteroatoms. The second-order valence-corrected chi connectivity index (χ2v) is 4.83. The van der Waals surface area contributed by atoms with E-state index in [1.165, 1.54) is 12.1 Å². The van der Waals surface area contributed by atoms with E-state index in [1.54, 1.807) is 18.2 Å². The Labute approximate surface area is 124 Å². The number of anilines is 1. The van der Waals surface area contributed by atoms with Gasteiger partial charge in [0.2, 0.25) is 5.82 Å². The van der Waals surface area contributed by atoms with Gasteiger partial charge in [0, 0.05) is 23.2 Å². The highest BCUT2D eigenvalue weighted by Crippen LogP contribution is 2.27. The Kier molecular flexibility index (Phi) is 4.42. The molecule has 2 rings (SSSR count). The van der Waals surface area contributed by atoms with Crippen molar-refractivity contribution in [1.82, 2.24) is 0 Å². The summed E-state index contributed by atoms with van der Waals surface area (Å²) in [6.07, 6.45) is 0. The van der Waals surface area contributed by atoms with Crippen molar-refractivity contribution in [2.45, 2.75) is 6.54 Å². The van der Waals surface area contributed by atoms with Crippen LogP contribution in [0.4, 0.5) is 15.8 Å². The zero-order valence-electron chi connectivity index (χ0n) is 10.1. The maximum absolute atomic E-state index is 13.9. The Morgan fingerprint density at radius 3 is 2.70 bits per heavy atom. The standard InChI is InChI=1S/C13H9Cl2FN2O2/c14-9-4-5-10(15)11(6-9)17-7-8-2-1-3-12(13(8)16)18(19)20/h1-6,17H,7H2. The maximum Gasteiger partial charge on any atom is 0.305 e. The van der Waals surface area contributed by atoms with Gasteiger partial charge >= 0.3 is 5.69 Å². The van der Waals surface area contributed by atoms with Gasteiger partial charge in [0.25, 0.3) is 0 Å². The highest BCUT2D eigenvalue weighted by atomic mass is 35.5. The first kappa shape index (κ1) is 14.6. The first-order valence-corrected chi connectivity index (χ1v) is 6.35. The van der Waals surface area contributed by atoms with Gasteiger partial charge < -0.3 is 5.32 Å². The van der Waals surface area contributed by atoms with E-state index >= 15 is 0 Å². The second-order valence-electron chi connectivity index (χ2n) is 3.99. The molecule has 4 nitrogen and oxygen atoms in total. The third-order valence-electron chi connectivity index (χ3n) is 2.65. The zero-order valence-corrected chi connectivity index (χ0v) is 11.6. The molecule has 0 fully saturated rings. The Hall–Kier alpha value is -1.85. The predicted molar refractivity (Wildman–Crippen MR) is 76.8 cm³/mol. The number of halogens is 3. The van der Waals surface area contributed by atoms with E-state index in [4.69, 9.17) is 23.2 Å². The molecule has 104 valence electrons. The van der Waals surface area contributed by atoms with Crippen LogP contribution < -0.4 is 5.32 Å². The third kappa shape index (κ3) is 3.18. The summed E-state index contributed by atoms with van der Waals surface area (Å²) >= 11 is 11.8. The molecule has 0 aliphatic rings. The van der Waals surface area contributed by atoms with Gasteiger partial charge in [0.15, 0.2) is 0 Å². The Morgan fingerprint density at radius 1 is 1.25 bits per heavy atom. The lowest BCUT2D eigenvalue weighted by atomic mass is 10.2. The Morgan fingerprint density at radius 2 is 2.00 bits per heavy atom. The highest BCUT2D eigenvalue weighted by molar-refractivity contribution is 6.35. The summed E-state index contributed by atoms with van der Waals surface area (Å²) in [6, 6.07) is 8.84. The molecule has 0 bridgehead atoms. The van der Waals surface area contributed by atoms with Crippen molar-refractivity contribution in [3.8, 4) is 0 Å². The minimum absolute atomic E-state index is 0.0631. The molecule has 0 aromatic heterocycles. The fourth-order valence-corrected chi connectivity index (χ4v) is 2.02. The summed E-state index contributed by atoms with van der Waals surface area (Å²) in [7, 11) is 0. The number of nitrogens with zero attached hydrogens (tertiary/aromatic N) is 1. The van der Waals surface area contributed by atoms with E-state index in [2.05, 4.69) is 5.32 Å². The van der Waals surface area contributed by atoms with Crippen molar-refractivity contribution in [2.24, 2.45) is 0 Å². The molecule has 0 aliphatic heterocycles. The van der Waals surface area contributed by atoms with Crippen molar-refractivity contribution in [1.29, 1.82) is 0 Å². The van der Waals surface area contributed by atoms with Gasteiger partial charge in [-0.3, -0.25) is 10.1 Å². The first-order chi connectivity index (χ1) is 9.49. The van der Waals surface area contributed by atoms with Crippen LogP contribution in [-0.2, 0) is 6.54 Å². The average molecular weight is 315 g/mol. The van der Waals surface area contributed by atoms with Crippen LogP contribution in [-0.4, -0.2) is 4.92 Å². The zero-order chi connectivity index (χ0) is 14.7. The molecule has 0 atom stereocenters. The molecule has 0 unspecified atom stereocenters. The molecule has 20 heavy (non-hydrogen) atoms. The normalized spacial score (nSPS) is 10.3. The van der Waals surface area contributed by atoms with Crippen LogP contribution in [0.1, 0.15) is 5.56 Å². The second kappa shape index (κ2) is 6.07. The van der Waals surface area contributed by atoms with Gasteiger partial charge in [-0.2, -0.15) is 4.39 Å². The van der Waals surface area contributed by atoms with Gasteiger partial charge in [-0.05, 0) is 18.2 Å². The van der Waals surface area contributed by atoms with Crippen molar-refractivity contribution in [3.63, 3.8) is 0 Å². The minimum atomic E-state index is -0.858. The van der Waals surface area contributed by atoms with Gasteiger partial charge in [0.1, 0.15) is 0 Å². The summed E-state index contributed by atoms with van der Waals surface area (Å²) in [4.78, 5) is 9.89. The predicted octanol–water partition coefficient (Wildman–Crippen LogP) is 4.65. The van der Waals surface area contributed by atoms with Crippen LogP contribution >= 0.6 is 23.2 Å². The third-order valence-corrected chi connectivity index (χ3v) is 3.22. The minimum Gasteiger partial charge on any atom is -0.380 e. The summed E-state index contributed by atoms with van der Waals surface area (Å²) < 4.78 is 13.9. The average Bonchev–Trinajstić information content (AvgIpc) is 2.41. The van der Waals surface area contributed by atoms with Crippen molar-refractivity contribution in [2.75, 3.05) is 5.32 Å². The van der Waals surface area contributed by atoms with E-state index in [0.29, 0.717) is 15.7 Å². The van der Waals surface area contributed by atoms with E-state index < -0.39 is 16.4 Å². The molecule has 0 aliphatic carbocycles. The molecule has 0 spiro atoms. The van der Waals surface area contributed by atoms with E-state index in [0.717, 1.165) is 6.07 Å². The van der Waals surface area contributed by atoms with Gasteiger partial charge in [-0.25, -0.2) is 0 Å². The first-order valence-electron chi connectivity index (χ1n) is 5.59. The largest absolute Gasteiger partial charge is 0.380 e. The fraction of sp³-hybridized carbons (Fsp3) is 0.0769. The molecular formula is C13H9Cl2FN2O2. The quantitative estimate of drug-likeness (QED) is 0.660. The maximum atomic E-state index is 13.9. The number of nitro benzene ring substituents is 1. The number of hydrogen-bond donors (Lipinski definition) is 1. The molecule has 0 radical (unpaired) electrons. The van der Waals surface area contributed by atoms with Crippen molar-refractivity contribution >= 4 is 34.6 Å². The Balaban J connectivity index is 2.21. The lowest BCUT2D eigenvalue weighted by Gasteiger charge is -2.09.